The lowest BCUT2D eigenvalue weighted by Crippen LogP contribution is -2.03. The molecule has 0 bridgehead atoms. The normalized spacial score (nSPS) is 11.8. The predicted octanol–water partition coefficient (Wildman–Crippen LogP) is 13.0. The summed E-state index contributed by atoms with van der Waals surface area (Å²) >= 11 is 0. The number of benzene rings is 7. The third-order valence-corrected chi connectivity index (χ3v) is 10.9. The van der Waals surface area contributed by atoms with Crippen LogP contribution in [0, 0.1) is 0 Å². The Morgan fingerprint density at radius 1 is 0.304 bits per heavy atom. The highest BCUT2D eigenvalue weighted by atomic mass is 14.9. The monoisotopic (exact) mass is 715 g/mol. The Hall–Kier alpha value is -7.23. The number of hydrogen-bond donors (Lipinski definition) is 0. The lowest BCUT2D eigenvalue weighted by Gasteiger charge is -2.21. The van der Waals surface area contributed by atoms with Gasteiger partial charge >= 0.3 is 0 Å². The minimum Gasteiger partial charge on any atom is -0.264 e. The van der Waals surface area contributed by atoms with Gasteiger partial charge in [0, 0.05) is 34.6 Å². The zero-order chi connectivity index (χ0) is 37.3. The molecule has 0 spiro atoms. The largest absolute Gasteiger partial charge is 0.264 e. The SMILES string of the molecule is c1ccc(-c2cccc(-c3nc(-c4cccc(-c5cccnc5)c4)cc(-c4ccc5c(c4)Cc4ccccc4-c4ccccc4Cc4ccccc4-5)n3)c2)cc1. The van der Waals surface area contributed by atoms with Gasteiger partial charge in [-0.1, -0.05) is 158 Å². The van der Waals surface area contributed by atoms with Crippen LogP contribution in [0.1, 0.15) is 22.3 Å². The number of aromatic nitrogens is 3. The van der Waals surface area contributed by atoms with Gasteiger partial charge in [0.15, 0.2) is 5.82 Å². The molecule has 2 aromatic heterocycles. The molecule has 7 aromatic carbocycles. The van der Waals surface area contributed by atoms with E-state index in [1.165, 1.54) is 44.5 Å². The Kier molecular flexibility index (Phi) is 8.66. The van der Waals surface area contributed by atoms with Gasteiger partial charge in [-0.25, -0.2) is 9.97 Å². The maximum absolute atomic E-state index is 5.34. The van der Waals surface area contributed by atoms with Gasteiger partial charge in [-0.05, 0) is 104 Å². The van der Waals surface area contributed by atoms with E-state index in [0.29, 0.717) is 5.82 Å². The first-order chi connectivity index (χ1) is 27.7. The van der Waals surface area contributed by atoms with E-state index in [2.05, 4.69) is 181 Å². The van der Waals surface area contributed by atoms with Gasteiger partial charge < -0.3 is 0 Å². The Morgan fingerprint density at radius 2 is 0.786 bits per heavy atom. The van der Waals surface area contributed by atoms with Crippen LogP contribution in [0.5, 0.6) is 0 Å². The van der Waals surface area contributed by atoms with E-state index in [-0.39, 0.29) is 0 Å². The average molecular weight is 716 g/mol. The third kappa shape index (κ3) is 6.50. The molecule has 10 rings (SSSR count). The Bertz CT molecular complexity index is 2760. The third-order valence-electron chi connectivity index (χ3n) is 10.9. The first kappa shape index (κ1) is 33.3. The number of rotatable bonds is 5. The van der Waals surface area contributed by atoms with Gasteiger partial charge in [0.25, 0.3) is 0 Å². The molecule has 0 atom stereocenters. The van der Waals surface area contributed by atoms with Crippen LogP contribution in [0.3, 0.4) is 0 Å². The highest BCUT2D eigenvalue weighted by molar-refractivity contribution is 5.81. The molecule has 0 radical (unpaired) electrons. The smallest absolute Gasteiger partial charge is 0.160 e. The van der Waals surface area contributed by atoms with Crippen LogP contribution >= 0.6 is 0 Å². The van der Waals surface area contributed by atoms with Crippen molar-refractivity contribution in [3.05, 3.63) is 223 Å². The standard InChI is InChI=1S/C53H37N3/c1-2-13-36(14-3-1)37-18-11-21-44(30-37)53-55-51(42-20-10-19-38(29-42)45-22-12-28-54-35-45)34-52(56-53)43-26-27-50-46(33-43)32-41-17-6-8-24-48(41)47-23-7-4-15-39(47)31-40-16-5-9-25-49(40)50/h1-30,33-35H,31-32H2. The summed E-state index contributed by atoms with van der Waals surface area (Å²) in [5.41, 5.74) is 19.6. The second-order valence-corrected chi connectivity index (χ2v) is 14.4. The van der Waals surface area contributed by atoms with Crippen LogP contribution in [0.25, 0.3) is 78.4 Å². The van der Waals surface area contributed by atoms with Crippen LogP contribution in [-0.4, -0.2) is 15.0 Å². The van der Waals surface area contributed by atoms with Gasteiger partial charge in [0.2, 0.25) is 0 Å². The van der Waals surface area contributed by atoms with Gasteiger partial charge in [-0.15, -0.1) is 0 Å². The van der Waals surface area contributed by atoms with E-state index in [1.807, 2.05) is 24.5 Å². The molecule has 0 unspecified atom stereocenters. The lowest BCUT2D eigenvalue weighted by atomic mass is 9.83. The summed E-state index contributed by atoms with van der Waals surface area (Å²) in [6.45, 7) is 0. The molecule has 0 aliphatic heterocycles. The first-order valence-electron chi connectivity index (χ1n) is 19.2. The minimum absolute atomic E-state index is 0.689. The molecule has 56 heavy (non-hydrogen) atoms. The fraction of sp³-hybridized carbons (Fsp3) is 0.0377. The fourth-order valence-electron chi connectivity index (χ4n) is 8.12. The van der Waals surface area contributed by atoms with Crippen molar-refractivity contribution in [2.24, 2.45) is 0 Å². The Balaban J connectivity index is 1.15. The topological polar surface area (TPSA) is 38.7 Å². The van der Waals surface area contributed by atoms with E-state index in [0.717, 1.165) is 63.2 Å². The van der Waals surface area contributed by atoms with E-state index in [4.69, 9.17) is 9.97 Å². The number of hydrogen-bond acceptors (Lipinski definition) is 3. The minimum atomic E-state index is 0.689. The lowest BCUT2D eigenvalue weighted by molar-refractivity contribution is 1.14. The molecule has 0 N–H and O–H groups in total. The predicted molar refractivity (Wildman–Crippen MR) is 230 cm³/mol. The van der Waals surface area contributed by atoms with E-state index in [9.17, 15) is 0 Å². The maximum atomic E-state index is 5.34. The summed E-state index contributed by atoms with van der Waals surface area (Å²) in [5, 5.41) is 0. The van der Waals surface area contributed by atoms with Crippen LogP contribution in [0.2, 0.25) is 0 Å². The first-order valence-corrected chi connectivity index (χ1v) is 19.2. The Labute approximate surface area is 327 Å². The highest BCUT2D eigenvalue weighted by Crippen LogP contribution is 2.39. The molecule has 264 valence electrons. The van der Waals surface area contributed by atoms with Gasteiger partial charge in [-0.3, -0.25) is 4.98 Å². The van der Waals surface area contributed by atoms with Gasteiger partial charge in [-0.2, -0.15) is 0 Å². The van der Waals surface area contributed by atoms with Gasteiger partial charge in [0.1, 0.15) is 0 Å². The molecular formula is C53H37N3. The second-order valence-electron chi connectivity index (χ2n) is 14.4. The molecule has 0 fully saturated rings. The van der Waals surface area contributed by atoms with Crippen molar-refractivity contribution in [2.75, 3.05) is 0 Å². The zero-order valence-electron chi connectivity index (χ0n) is 30.8. The van der Waals surface area contributed by atoms with E-state index >= 15 is 0 Å². The van der Waals surface area contributed by atoms with E-state index < -0.39 is 0 Å². The fourth-order valence-corrected chi connectivity index (χ4v) is 8.12. The van der Waals surface area contributed by atoms with Crippen molar-refractivity contribution in [1.29, 1.82) is 0 Å². The van der Waals surface area contributed by atoms with Crippen molar-refractivity contribution in [3.63, 3.8) is 0 Å². The average Bonchev–Trinajstić information content (AvgIpc) is 3.27. The summed E-state index contributed by atoms with van der Waals surface area (Å²) in [6.07, 6.45) is 5.36. The van der Waals surface area contributed by atoms with Gasteiger partial charge in [0.05, 0.1) is 11.4 Å². The molecule has 3 nitrogen and oxygen atoms in total. The van der Waals surface area contributed by atoms with Crippen LogP contribution in [-0.2, 0) is 12.8 Å². The maximum Gasteiger partial charge on any atom is 0.160 e. The zero-order valence-corrected chi connectivity index (χ0v) is 30.8. The van der Waals surface area contributed by atoms with Crippen molar-refractivity contribution < 1.29 is 0 Å². The Morgan fingerprint density at radius 3 is 1.43 bits per heavy atom. The number of nitrogens with zero attached hydrogens (tertiary/aromatic N) is 3. The quantitative estimate of drug-likeness (QED) is 0.178. The second kappa shape index (κ2) is 14.5. The highest BCUT2D eigenvalue weighted by Gasteiger charge is 2.20. The summed E-state index contributed by atoms with van der Waals surface area (Å²) in [4.78, 5) is 15.0. The molecule has 0 saturated carbocycles. The van der Waals surface area contributed by atoms with Crippen LogP contribution in [0.15, 0.2) is 200 Å². The van der Waals surface area contributed by atoms with Crippen LogP contribution < -0.4 is 0 Å². The number of pyridine rings is 1. The molecule has 3 heteroatoms. The molecule has 2 heterocycles. The summed E-state index contributed by atoms with van der Waals surface area (Å²) in [6, 6.07) is 67.3. The number of fused-ring (bicyclic) bond motifs is 6. The summed E-state index contributed by atoms with van der Waals surface area (Å²) < 4.78 is 0. The molecule has 0 amide bonds. The van der Waals surface area contributed by atoms with Crippen molar-refractivity contribution in [2.45, 2.75) is 12.8 Å². The molecule has 0 saturated heterocycles. The van der Waals surface area contributed by atoms with Crippen molar-refractivity contribution >= 4 is 0 Å². The van der Waals surface area contributed by atoms with Crippen LogP contribution in [0.4, 0.5) is 0 Å². The van der Waals surface area contributed by atoms with Crippen molar-refractivity contribution in [1.82, 2.24) is 15.0 Å². The molecular weight excluding hydrogens is 679 g/mol. The van der Waals surface area contributed by atoms with Crippen molar-refractivity contribution in [3.8, 4) is 78.4 Å². The molecule has 1 aliphatic carbocycles. The summed E-state index contributed by atoms with van der Waals surface area (Å²) in [7, 11) is 0. The molecule has 9 aromatic rings. The summed E-state index contributed by atoms with van der Waals surface area (Å²) in [5.74, 6) is 0.689. The van der Waals surface area contributed by atoms with E-state index in [1.54, 1.807) is 0 Å². The molecule has 1 aliphatic rings.